The van der Waals surface area contributed by atoms with Gasteiger partial charge >= 0.3 is 6.18 Å². The normalized spacial score (nSPS) is 21.0. The van der Waals surface area contributed by atoms with Crippen LogP contribution >= 0.6 is 0 Å². The predicted molar refractivity (Wildman–Crippen MR) is 49.4 cm³/mol. The number of amides is 2. The van der Waals surface area contributed by atoms with E-state index in [0.29, 0.717) is 0 Å². The Labute approximate surface area is 90.8 Å². The van der Waals surface area contributed by atoms with Crippen LogP contribution in [0.1, 0.15) is 13.3 Å². The average molecular weight is 238 g/mol. The topological polar surface area (TPSA) is 49.4 Å². The molecular weight excluding hydrogens is 225 g/mol. The van der Waals surface area contributed by atoms with Crippen molar-refractivity contribution in [3.8, 4) is 0 Å². The molecule has 2 amide bonds. The molecule has 1 aliphatic heterocycles. The molecule has 92 valence electrons. The van der Waals surface area contributed by atoms with Crippen molar-refractivity contribution in [1.82, 2.24) is 10.2 Å². The number of alkyl halides is 3. The molecule has 1 saturated heterocycles. The van der Waals surface area contributed by atoms with Crippen molar-refractivity contribution in [3.63, 3.8) is 0 Å². The van der Waals surface area contributed by atoms with Gasteiger partial charge in [-0.2, -0.15) is 13.2 Å². The quantitative estimate of drug-likeness (QED) is 0.763. The number of hydrogen-bond acceptors (Lipinski definition) is 2. The van der Waals surface area contributed by atoms with Gasteiger partial charge in [0.2, 0.25) is 11.8 Å². The molecule has 0 aromatic heterocycles. The average Bonchev–Trinajstić information content (AvgIpc) is 2.61. The molecule has 0 saturated carbocycles. The van der Waals surface area contributed by atoms with Crippen molar-refractivity contribution in [2.75, 3.05) is 19.6 Å². The molecule has 0 bridgehead atoms. The number of halogens is 3. The van der Waals surface area contributed by atoms with Crippen LogP contribution in [-0.4, -0.2) is 42.5 Å². The summed E-state index contributed by atoms with van der Waals surface area (Å²) in [5.41, 5.74) is 0. The zero-order valence-corrected chi connectivity index (χ0v) is 8.80. The molecule has 1 aliphatic rings. The summed E-state index contributed by atoms with van der Waals surface area (Å²) in [6, 6.07) is 0. The Morgan fingerprint density at radius 3 is 2.50 bits per heavy atom. The number of carbonyl (C=O) groups is 2. The van der Waals surface area contributed by atoms with Crippen LogP contribution in [-0.2, 0) is 9.59 Å². The van der Waals surface area contributed by atoms with Crippen LogP contribution in [0.25, 0.3) is 0 Å². The molecule has 0 spiro atoms. The third-order valence-corrected chi connectivity index (χ3v) is 2.49. The van der Waals surface area contributed by atoms with E-state index in [0.717, 1.165) is 4.90 Å². The maximum Gasteiger partial charge on any atom is 0.393 e. The number of carbonyl (C=O) groups excluding carboxylic acids is 2. The van der Waals surface area contributed by atoms with Crippen molar-refractivity contribution < 1.29 is 22.8 Å². The molecule has 1 heterocycles. The Kier molecular flexibility index (Phi) is 3.77. The van der Waals surface area contributed by atoms with Crippen LogP contribution in [0, 0.1) is 5.92 Å². The summed E-state index contributed by atoms with van der Waals surface area (Å²) >= 11 is 0. The van der Waals surface area contributed by atoms with Crippen molar-refractivity contribution in [2.24, 2.45) is 5.92 Å². The van der Waals surface area contributed by atoms with Gasteiger partial charge in [0, 0.05) is 20.0 Å². The number of rotatable bonds is 2. The summed E-state index contributed by atoms with van der Waals surface area (Å²) in [6.07, 6.45) is -4.31. The smallest absolute Gasteiger partial charge is 0.347 e. The summed E-state index contributed by atoms with van der Waals surface area (Å²) in [6.45, 7) is 0.806. The number of likely N-dealkylation sites (tertiary alicyclic amines) is 1. The first-order chi connectivity index (χ1) is 7.30. The van der Waals surface area contributed by atoms with E-state index in [2.05, 4.69) is 5.32 Å². The van der Waals surface area contributed by atoms with Gasteiger partial charge < -0.3 is 10.2 Å². The molecule has 0 aromatic carbocycles. The highest BCUT2D eigenvalue weighted by molar-refractivity contribution is 5.83. The van der Waals surface area contributed by atoms with E-state index >= 15 is 0 Å². The van der Waals surface area contributed by atoms with E-state index in [1.165, 1.54) is 6.92 Å². The fourth-order valence-corrected chi connectivity index (χ4v) is 1.57. The first kappa shape index (κ1) is 12.8. The largest absolute Gasteiger partial charge is 0.393 e. The van der Waals surface area contributed by atoms with Crippen molar-refractivity contribution >= 4 is 11.8 Å². The summed E-state index contributed by atoms with van der Waals surface area (Å²) < 4.78 is 36.9. The van der Waals surface area contributed by atoms with Crippen LogP contribution in [0.15, 0.2) is 0 Å². The molecule has 16 heavy (non-hydrogen) atoms. The SMILES string of the molecule is CC(=O)NCC(=O)N1CC[C@@H](C(F)(F)F)C1. The minimum absolute atomic E-state index is 0.0602. The molecule has 0 unspecified atom stereocenters. The lowest BCUT2D eigenvalue weighted by Gasteiger charge is -2.17. The second-order valence-corrected chi connectivity index (χ2v) is 3.78. The van der Waals surface area contributed by atoms with Crippen molar-refractivity contribution in [3.05, 3.63) is 0 Å². The molecule has 4 nitrogen and oxygen atoms in total. The Balaban J connectivity index is 2.41. The summed E-state index contributed by atoms with van der Waals surface area (Å²) in [7, 11) is 0. The summed E-state index contributed by atoms with van der Waals surface area (Å²) in [4.78, 5) is 23.0. The summed E-state index contributed by atoms with van der Waals surface area (Å²) in [5.74, 6) is -2.28. The van der Waals surface area contributed by atoms with Gasteiger partial charge in [-0.1, -0.05) is 0 Å². The molecule has 0 aliphatic carbocycles. The standard InChI is InChI=1S/C9H13F3N2O2/c1-6(15)13-4-8(16)14-3-2-7(5-14)9(10,11)12/h7H,2-5H2,1H3,(H,13,15)/t7-/m1/s1. The minimum Gasteiger partial charge on any atom is -0.347 e. The minimum atomic E-state index is -4.25. The van der Waals surface area contributed by atoms with Crippen LogP contribution in [0.5, 0.6) is 0 Å². The fourth-order valence-electron chi connectivity index (χ4n) is 1.57. The van der Waals surface area contributed by atoms with Crippen molar-refractivity contribution in [1.29, 1.82) is 0 Å². The maximum atomic E-state index is 12.3. The lowest BCUT2D eigenvalue weighted by molar-refractivity contribution is -0.171. The van der Waals surface area contributed by atoms with Gasteiger partial charge in [0.05, 0.1) is 12.5 Å². The molecule has 1 N–H and O–H groups in total. The Morgan fingerprint density at radius 2 is 2.06 bits per heavy atom. The molecule has 7 heteroatoms. The van der Waals surface area contributed by atoms with Crippen LogP contribution in [0.4, 0.5) is 13.2 Å². The van der Waals surface area contributed by atoms with Crippen molar-refractivity contribution in [2.45, 2.75) is 19.5 Å². The fraction of sp³-hybridized carbons (Fsp3) is 0.778. The van der Waals surface area contributed by atoms with E-state index in [-0.39, 0.29) is 32.0 Å². The zero-order valence-electron chi connectivity index (χ0n) is 8.80. The molecule has 0 radical (unpaired) electrons. The van der Waals surface area contributed by atoms with Gasteiger partial charge in [0.1, 0.15) is 0 Å². The predicted octanol–water partition coefficient (Wildman–Crippen LogP) is 0.533. The van der Waals surface area contributed by atoms with E-state index in [9.17, 15) is 22.8 Å². The van der Waals surface area contributed by atoms with Gasteiger partial charge in [-0.25, -0.2) is 0 Å². The summed E-state index contributed by atoms with van der Waals surface area (Å²) in [5, 5.41) is 2.26. The van der Waals surface area contributed by atoms with Crippen LogP contribution in [0.2, 0.25) is 0 Å². The molecular formula is C9H13F3N2O2. The van der Waals surface area contributed by atoms with E-state index in [1.54, 1.807) is 0 Å². The molecule has 1 rings (SSSR count). The Morgan fingerprint density at radius 1 is 1.44 bits per heavy atom. The second kappa shape index (κ2) is 4.71. The lowest BCUT2D eigenvalue weighted by Crippen LogP contribution is -2.39. The number of hydrogen-bond donors (Lipinski definition) is 1. The highest BCUT2D eigenvalue weighted by Crippen LogP contribution is 2.33. The lowest BCUT2D eigenvalue weighted by atomic mass is 10.1. The Hall–Kier alpha value is -1.27. The molecule has 1 atom stereocenters. The Bertz CT molecular complexity index is 291. The van der Waals surface area contributed by atoms with Crippen LogP contribution in [0.3, 0.4) is 0 Å². The van der Waals surface area contributed by atoms with Gasteiger partial charge in [0.15, 0.2) is 0 Å². The number of nitrogens with one attached hydrogen (secondary N) is 1. The third-order valence-electron chi connectivity index (χ3n) is 2.49. The maximum absolute atomic E-state index is 12.3. The zero-order chi connectivity index (χ0) is 12.3. The monoisotopic (exact) mass is 238 g/mol. The van der Waals surface area contributed by atoms with E-state index < -0.39 is 18.0 Å². The molecule has 0 aromatic rings. The first-order valence-corrected chi connectivity index (χ1v) is 4.89. The number of nitrogens with zero attached hydrogens (tertiary/aromatic N) is 1. The second-order valence-electron chi connectivity index (χ2n) is 3.78. The third kappa shape index (κ3) is 3.39. The first-order valence-electron chi connectivity index (χ1n) is 4.89. The van der Waals surface area contributed by atoms with Gasteiger partial charge in [-0.05, 0) is 6.42 Å². The molecule has 1 fully saturated rings. The highest BCUT2D eigenvalue weighted by Gasteiger charge is 2.44. The van der Waals surface area contributed by atoms with Crippen LogP contribution < -0.4 is 5.32 Å². The van der Waals surface area contributed by atoms with Gasteiger partial charge in [-0.15, -0.1) is 0 Å². The van der Waals surface area contributed by atoms with Gasteiger partial charge in [0.25, 0.3) is 0 Å². The van der Waals surface area contributed by atoms with Gasteiger partial charge in [-0.3, -0.25) is 9.59 Å². The highest BCUT2D eigenvalue weighted by atomic mass is 19.4. The van der Waals surface area contributed by atoms with E-state index in [1.807, 2.05) is 0 Å². The van der Waals surface area contributed by atoms with E-state index in [4.69, 9.17) is 0 Å².